The predicted octanol–water partition coefficient (Wildman–Crippen LogP) is 4.01. The molecule has 2 aromatic carbocycles. The average Bonchev–Trinajstić information content (AvgIpc) is 3.49. The molecular formula is C24H23F3N4O3. The molecule has 1 fully saturated rings. The SMILES string of the molecule is Cc1noc(C2C[C@@H]2C(=O)NCc2ccc(-c3cccc(OC(F)(F)F)c3)c3c2CNCC3)n1. The van der Waals surface area contributed by atoms with E-state index in [0.717, 1.165) is 35.2 Å². The van der Waals surface area contributed by atoms with Crippen LogP contribution in [-0.4, -0.2) is 29.0 Å². The van der Waals surface area contributed by atoms with Gasteiger partial charge in [-0.15, -0.1) is 13.2 Å². The van der Waals surface area contributed by atoms with Crippen LogP contribution in [0.25, 0.3) is 11.1 Å². The number of rotatable bonds is 6. The third-order valence-corrected chi connectivity index (χ3v) is 6.20. The van der Waals surface area contributed by atoms with Crippen molar-refractivity contribution in [2.45, 2.75) is 45.1 Å². The molecule has 1 aliphatic carbocycles. The number of hydrogen-bond donors (Lipinski definition) is 2. The van der Waals surface area contributed by atoms with Crippen molar-refractivity contribution in [2.24, 2.45) is 5.92 Å². The molecule has 2 aliphatic rings. The fourth-order valence-electron chi connectivity index (χ4n) is 4.51. The van der Waals surface area contributed by atoms with Gasteiger partial charge in [0, 0.05) is 13.1 Å². The van der Waals surface area contributed by atoms with Crippen LogP contribution < -0.4 is 15.4 Å². The maximum Gasteiger partial charge on any atom is 0.573 e. The minimum absolute atomic E-state index is 0.0367. The van der Waals surface area contributed by atoms with E-state index in [2.05, 4.69) is 25.5 Å². The van der Waals surface area contributed by atoms with E-state index >= 15 is 0 Å². The number of aryl methyl sites for hydroxylation is 1. The summed E-state index contributed by atoms with van der Waals surface area (Å²) in [5.74, 6) is 0.532. The number of hydrogen-bond acceptors (Lipinski definition) is 6. The third kappa shape index (κ3) is 4.77. The summed E-state index contributed by atoms with van der Waals surface area (Å²) in [5, 5.41) is 10.1. The summed E-state index contributed by atoms with van der Waals surface area (Å²) in [6.07, 6.45) is -3.33. The van der Waals surface area contributed by atoms with Gasteiger partial charge in [0.05, 0.1) is 11.8 Å². The highest BCUT2D eigenvalue weighted by molar-refractivity contribution is 5.82. The van der Waals surface area contributed by atoms with Gasteiger partial charge in [-0.3, -0.25) is 4.79 Å². The molecule has 0 bridgehead atoms. The molecule has 3 aromatic rings. The van der Waals surface area contributed by atoms with Crippen LogP contribution in [0.3, 0.4) is 0 Å². The number of carbonyl (C=O) groups excluding carboxylic acids is 1. The maximum absolute atomic E-state index is 12.7. The number of carbonyl (C=O) groups is 1. The second kappa shape index (κ2) is 8.75. The van der Waals surface area contributed by atoms with Gasteiger partial charge in [-0.1, -0.05) is 29.4 Å². The van der Waals surface area contributed by atoms with Gasteiger partial charge in [0.25, 0.3) is 0 Å². The van der Waals surface area contributed by atoms with E-state index in [1.165, 1.54) is 12.1 Å². The number of fused-ring (bicyclic) bond motifs is 1. The van der Waals surface area contributed by atoms with Gasteiger partial charge in [-0.2, -0.15) is 4.98 Å². The standard InChI is InChI=1S/C24H23F3N4O3/c1-13-30-23(34-31-13)20-10-19(20)22(32)29-11-15-5-6-17(18-7-8-28-12-21(15)18)14-3-2-4-16(9-14)33-24(25,26)27/h2-6,9,19-20,28H,7-8,10-12H2,1H3,(H,29,32)/t19-,20?/m0/s1. The highest BCUT2D eigenvalue weighted by Crippen LogP contribution is 2.46. The third-order valence-electron chi connectivity index (χ3n) is 6.20. The molecule has 1 aliphatic heterocycles. The molecule has 1 unspecified atom stereocenters. The predicted molar refractivity (Wildman–Crippen MR) is 116 cm³/mol. The lowest BCUT2D eigenvalue weighted by Gasteiger charge is -2.24. The molecule has 7 nitrogen and oxygen atoms in total. The van der Waals surface area contributed by atoms with Crippen LogP contribution in [0.2, 0.25) is 0 Å². The van der Waals surface area contributed by atoms with E-state index in [1.54, 1.807) is 19.1 Å². The van der Waals surface area contributed by atoms with E-state index in [9.17, 15) is 18.0 Å². The highest BCUT2D eigenvalue weighted by atomic mass is 19.4. The zero-order valence-corrected chi connectivity index (χ0v) is 18.4. The summed E-state index contributed by atoms with van der Waals surface area (Å²) in [6.45, 7) is 3.50. The van der Waals surface area contributed by atoms with Crippen LogP contribution in [0, 0.1) is 12.8 Å². The number of aromatic nitrogens is 2. The van der Waals surface area contributed by atoms with Crippen molar-refractivity contribution in [3.63, 3.8) is 0 Å². The lowest BCUT2D eigenvalue weighted by atomic mass is 9.88. The van der Waals surface area contributed by atoms with Crippen LogP contribution in [0.15, 0.2) is 40.9 Å². The largest absolute Gasteiger partial charge is 0.573 e. The fraction of sp³-hybridized carbons (Fsp3) is 0.375. The highest BCUT2D eigenvalue weighted by Gasteiger charge is 2.47. The summed E-state index contributed by atoms with van der Waals surface area (Å²) in [5.41, 5.74) is 4.64. The first-order valence-electron chi connectivity index (χ1n) is 11.1. The summed E-state index contributed by atoms with van der Waals surface area (Å²) in [7, 11) is 0. The molecule has 0 radical (unpaired) electrons. The Morgan fingerprint density at radius 2 is 2.12 bits per heavy atom. The van der Waals surface area contributed by atoms with Crippen LogP contribution >= 0.6 is 0 Å². The Labute approximate surface area is 193 Å². The quantitative estimate of drug-likeness (QED) is 0.564. The number of ether oxygens (including phenoxy) is 1. The molecule has 2 N–H and O–H groups in total. The first kappa shape index (κ1) is 22.4. The molecule has 0 spiro atoms. The van der Waals surface area contributed by atoms with E-state index in [1.807, 2.05) is 12.1 Å². The molecule has 34 heavy (non-hydrogen) atoms. The van der Waals surface area contributed by atoms with Crippen LogP contribution in [0.5, 0.6) is 5.75 Å². The molecule has 2 atom stereocenters. The topological polar surface area (TPSA) is 89.3 Å². The lowest BCUT2D eigenvalue weighted by Crippen LogP contribution is -2.29. The molecular weight excluding hydrogens is 449 g/mol. The Balaban J connectivity index is 1.32. The lowest BCUT2D eigenvalue weighted by molar-refractivity contribution is -0.274. The van der Waals surface area contributed by atoms with E-state index in [0.29, 0.717) is 36.8 Å². The number of alkyl halides is 3. The second-order valence-corrected chi connectivity index (χ2v) is 8.58. The number of amides is 1. The Morgan fingerprint density at radius 1 is 1.26 bits per heavy atom. The zero-order chi connectivity index (χ0) is 23.9. The van der Waals surface area contributed by atoms with Crippen molar-refractivity contribution in [3.05, 3.63) is 64.8 Å². The summed E-state index contributed by atoms with van der Waals surface area (Å²) < 4.78 is 47.2. The molecule has 1 saturated carbocycles. The Hall–Kier alpha value is -3.40. The van der Waals surface area contributed by atoms with Crippen molar-refractivity contribution in [2.75, 3.05) is 6.54 Å². The fourth-order valence-corrected chi connectivity index (χ4v) is 4.51. The van der Waals surface area contributed by atoms with Crippen LogP contribution in [0.1, 0.15) is 40.7 Å². The molecule has 2 heterocycles. The number of nitrogens with one attached hydrogen (secondary N) is 2. The van der Waals surface area contributed by atoms with Crippen molar-refractivity contribution >= 4 is 5.91 Å². The van der Waals surface area contributed by atoms with Gasteiger partial charge in [0.2, 0.25) is 11.8 Å². The van der Waals surface area contributed by atoms with Gasteiger partial charge < -0.3 is 19.9 Å². The normalized spacial score (nSPS) is 19.4. The zero-order valence-electron chi connectivity index (χ0n) is 18.4. The van der Waals surface area contributed by atoms with Crippen LogP contribution in [-0.2, 0) is 24.3 Å². The molecule has 10 heteroatoms. The minimum Gasteiger partial charge on any atom is -0.406 e. The molecule has 1 amide bonds. The molecule has 1 aromatic heterocycles. The number of benzene rings is 2. The first-order valence-corrected chi connectivity index (χ1v) is 11.1. The summed E-state index contributed by atoms with van der Waals surface area (Å²) in [4.78, 5) is 16.9. The van der Waals surface area contributed by atoms with Crippen molar-refractivity contribution < 1.29 is 27.2 Å². The van der Waals surface area contributed by atoms with E-state index in [-0.39, 0.29) is 23.5 Å². The van der Waals surface area contributed by atoms with Crippen molar-refractivity contribution in [3.8, 4) is 16.9 Å². The molecule has 5 rings (SSSR count). The Morgan fingerprint density at radius 3 is 2.88 bits per heavy atom. The minimum atomic E-state index is -4.74. The number of halogens is 3. The average molecular weight is 472 g/mol. The second-order valence-electron chi connectivity index (χ2n) is 8.58. The van der Waals surface area contributed by atoms with Crippen molar-refractivity contribution in [1.82, 2.24) is 20.8 Å². The monoisotopic (exact) mass is 472 g/mol. The Kier molecular flexibility index (Phi) is 5.76. The van der Waals surface area contributed by atoms with Crippen molar-refractivity contribution in [1.29, 1.82) is 0 Å². The van der Waals surface area contributed by atoms with Crippen LogP contribution in [0.4, 0.5) is 13.2 Å². The maximum atomic E-state index is 12.7. The first-order chi connectivity index (χ1) is 16.3. The van der Waals surface area contributed by atoms with E-state index < -0.39 is 6.36 Å². The molecule has 178 valence electrons. The van der Waals surface area contributed by atoms with Gasteiger partial charge in [-0.25, -0.2) is 0 Å². The van der Waals surface area contributed by atoms with E-state index in [4.69, 9.17) is 4.52 Å². The summed E-state index contributed by atoms with van der Waals surface area (Å²) >= 11 is 0. The van der Waals surface area contributed by atoms with Gasteiger partial charge >= 0.3 is 6.36 Å². The van der Waals surface area contributed by atoms with Gasteiger partial charge in [0.1, 0.15) is 5.75 Å². The smallest absolute Gasteiger partial charge is 0.406 e. The summed E-state index contributed by atoms with van der Waals surface area (Å²) in [6, 6.07) is 9.84. The molecule has 0 saturated heterocycles. The van der Waals surface area contributed by atoms with Gasteiger partial charge in [0.15, 0.2) is 5.82 Å². The number of nitrogens with zero attached hydrogens (tertiary/aromatic N) is 2. The Bertz CT molecular complexity index is 1220. The van der Waals surface area contributed by atoms with Gasteiger partial charge in [-0.05, 0) is 66.3 Å².